The highest BCUT2D eigenvalue weighted by molar-refractivity contribution is 8.18. The molecule has 0 aliphatic carbocycles. The van der Waals surface area contributed by atoms with Crippen LogP contribution in [0.2, 0.25) is 0 Å². The van der Waals surface area contributed by atoms with Gasteiger partial charge in [0.2, 0.25) is 0 Å². The molecule has 1 amide bonds. The van der Waals surface area contributed by atoms with Gasteiger partial charge in [-0.3, -0.25) is 4.79 Å². The maximum atomic E-state index is 12.3. The number of hydrogen-bond acceptors (Lipinski definition) is 6. The molecule has 30 heavy (non-hydrogen) atoms. The first-order chi connectivity index (χ1) is 14.4. The van der Waals surface area contributed by atoms with Gasteiger partial charge in [0.15, 0.2) is 11.3 Å². The average Bonchev–Trinajstić information content (AvgIpc) is 3.05. The van der Waals surface area contributed by atoms with Crippen LogP contribution in [0.5, 0.6) is 5.75 Å². The molecule has 3 N–H and O–H groups in total. The molecule has 3 rings (SSSR count). The number of nitrogens with zero attached hydrogens (tertiary/aromatic N) is 1. The standard InChI is InChI=1S/C21H18N2O6S/c1-2-16(20(27)28)29-15-5-3-4-12(10-15)11-17-18(24)23-21(30-17)22-14-8-6-13(7-9-14)19(25)26/h3-11,16H,2H2,1H3,(H,25,26)(H,27,28)(H,22,23,24)/b17-11-. The Bertz CT molecular complexity index is 1050. The molecule has 1 heterocycles. The maximum Gasteiger partial charge on any atom is 0.344 e. The molecule has 9 heteroatoms. The van der Waals surface area contributed by atoms with Crippen molar-refractivity contribution in [2.24, 2.45) is 4.99 Å². The third-order valence-corrected chi connectivity index (χ3v) is 4.99. The average molecular weight is 426 g/mol. The lowest BCUT2D eigenvalue weighted by atomic mass is 10.2. The first kappa shape index (κ1) is 21.1. The lowest BCUT2D eigenvalue weighted by molar-refractivity contribution is -0.145. The fourth-order valence-corrected chi connectivity index (χ4v) is 3.42. The van der Waals surface area contributed by atoms with Crippen LogP contribution < -0.4 is 10.1 Å². The maximum absolute atomic E-state index is 12.3. The SMILES string of the molecule is CCC(Oc1cccc(/C=C2\SC(=Nc3ccc(C(=O)O)cc3)NC2=O)c1)C(=O)O. The summed E-state index contributed by atoms with van der Waals surface area (Å²) in [5, 5.41) is 21.1. The number of aliphatic imine (C=N–C) groups is 1. The zero-order valence-corrected chi connectivity index (χ0v) is 16.7. The molecule has 1 unspecified atom stereocenters. The number of rotatable bonds is 7. The Kier molecular flexibility index (Phi) is 6.53. The Labute approximate surface area is 176 Å². The van der Waals surface area contributed by atoms with Crippen LogP contribution in [0.1, 0.15) is 29.3 Å². The quantitative estimate of drug-likeness (QED) is 0.579. The van der Waals surface area contributed by atoms with E-state index in [2.05, 4.69) is 10.3 Å². The van der Waals surface area contributed by atoms with Crippen molar-refractivity contribution in [1.82, 2.24) is 5.32 Å². The van der Waals surface area contributed by atoms with Crippen molar-refractivity contribution in [3.63, 3.8) is 0 Å². The largest absolute Gasteiger partial charge is 0.479 e. The molecule has 154 valence electrons. The summed E-state index contributed by atoms with van der Waals surface area (Å²) < 4.78 is 5.48. The molecule has 1 aliphatic rings. The number of aliphatic carboxylic acids is 1. The van der Waals surface area contributed by atoms with Gasteiger partial charge in [-0.05, 0) is 66.2 Å². The van der Waals surface area contributed by atoms with Gasteiger partial charge in [-0.2, -0.15) is 0 Å². The topological polar surface area (TPSA) is 125 Å². The first-order valence-corrected chi connectivity index (χ1v) is 9.80. The fourth-order valence-electron chi connectivity index (χ4n) is 2.58. The predicted molar refractivity (Wildman–Crippen MR) is 113 cm³/mol. The third-order valence-electron chi connectivity index (χ3n) is 4.08. The number of ether oxygens (including phenoxy) is 1. The van der Waals surface area contributed by atoms with E-state index in [1.54, 1.807) is 49.4 Å². The van der Waals surface area contributed by atoms with Crippen LogP contribution in [0, 0.1) is 0 Å². The van der Waals surface area contributed by atoms with E-state index in [1.807, 2.05) is 0 Å². The van der Waals surface area contributed by atoms with Gasteiger partial charge < -0.3 is 20.3 Å². The summed E-state index contributed by atoms with van der Waals surface area (Å²) in [5.74, 6) is -1.98. The zero-order valence-electron chi connectivity index (χ0n) is 15.9. The van der Waals surface area contributed by atoms with E-state index in [9.17, 15) is 14.4 Å². The minimum absolute atomic E-state index is 0.151. The van der Waals surface area contributed by atoms with Crippen LogP contribution in [0.25, 0.3) is 6.08 Å². The predicted octanol–water partition coefficient (Wildman–Crippen LogP) is 3.52. The number of amidine groups is 1. The van der Waals surface area contributed by atoms with E-state index in [4.69, 9.17) is 14.9 Å². The van der Waals surface area contributed by atoms with Gasteiger partial charge in [0.1, 0.15) is 5.75 Å². The fraction of sp³-hybridized carbons (Fsp3) is 0.143. The summed E-state index contributed by atoms with van der Waals surface area (Å²) in [6.07, 6.45) is 1.04. The molecule has 0 radical (unpaired) electrons. The van der Waals surface area contributed by atoms with Crippen molar-refractivity contribution < 1.29 is 29.3 Å². The van der Waals surface area contributed by atoms with Crippen LogP contribution in [-0.4, -0.2) is 39.3 Å². The van der Waals surface area contributed by atoms with E-state index in [0.717, 1.165) is 11.8 Å². The second-order valence-corrected chi connectivity index (χ2v) is 7.29. The molecular formula is C21H18N2O6S. The Morgan fingerprint density at radius 3 is 2.57 bits per heavy atom. The van der Waals surface area contributed by atoms with Crippen LogP contribution in [0.3, 0.4) is 0 Å². The second kappa shape index (κ2) is 9.27. The molecule has 1 atom stereocenters. The second-order valence-electron chi connectivity index (χ2n) is 6.26. The van der Waals surface area contributed by atoms with Crippen molar-refractivity contribution in [2.75, 3.05) is 0 Å². The van der Waals surface area contributed by atoms with Gasteiger partial charge >= 0.3 is 11.9 Å². The molecule has 0 saturated carbocycles. The molecule has 8 nitrogen and oxygen atoms in total. The normalized spacial score (nSPS) is 17.0. The minimum Gasteiger partial charge on any atom is -0.479 e. The van der Waals surface area contributed by atoms with Gasteiger partial charge in [-0.1, -0.05) is 19.1 Å². The van der Waals surface area contributed by atoms with Crippen LogP contribution in [0.15, 0.2) is 58.4 Å². The summed E-state index contributed by atoms with van der Waals surface area (Å²) in [4.78, 5) is 39.0. The number of thioether (sulfide) groups is 1. The molecule has 1 saturated heterocycles. The smallest absolute Gasteiger partial charge is 0.344 e. The lowest BCUT2D eigenvalue weighted by Crippen LogP contribution is -2.25. The van der Waals surface area contributed by atoms with E-state index >= 15 is 0 Å². The van der Waals surface area contributed by atoms with Crippen molar-refractivity contribution >= 4 is 46.5 Å². The highest BCUT2D eigenvalue weighted by atomic mass is 32.2. The van der Waals surface area contributed by atoms with Crippen molar-refractivity contribution in [3.8, 4) is 5.75 Å². The van der Waals surface area contributed by atoms with Crippen LogP contribution >= 0.6 is 11.8 Å². The van der Waals surface area contributed by atoms with Gasteiger partial charge in [-0.25, -0.2) is 14.6 Å². The zero-order chi connectivity index (χ0) is 21.7. The molecule has 2 aromatic carbocycles. The minimum atomic E-state index is -1.04. The van der Waals surface area contributed by atoms with E-state index in [-0.39, 0.29) is 11.5 Å². The summed E-state index contributed by atoms with van der Waals surface area (Å²) in [6.45, 7) is 1.72. The first-order valence-electron chi connectivity index (χ1n) is 8.98. The summed E-state index contributed by atoms with van der Waals surface area (Å²) in [5.41, 5.74) is 1.34. The van der Waals surface area contributed by atoms with Gasteiger partial charge in [0.05, 0.1) is 16.2 Å². The highest BCUT2D eigenvalue weighted by Crippen LogP contribution is 2.29. The summed E-state index contributed by atoms with van der Waals surface area (Å²) in [7, 11) is 0. The van der Waals surface area contributed by atoms with Crippen molar-refractivity contribution in [2.45, 2.75) is 19.4 Å². The Hall–Kier alpha value is -3.59. The number of nitrogens with one attached hydrogen (secondary N) is 1. The number of aromatic carboxylic acids is 1. The Morgan fingerprint density at radius 1 is 1.20 bits per heavy atom. The summed E-state index contributed by atoms with van der Waals surface area (Å²) in [6, 6.07) is 12.8. The van der Waals surface area contributed by atoms with E-state index in [1.165, 1.54) is 12.1 Å². The van der Waals surface area contributed by atoms with Crippen LogP contribution in [0.4, 0.5) is 5.69 Å². The van der Waals surface area contributed by atoms with Crippen molar-refractivity contribution in [3.05, 3.63) is 64.6 Å². The monoisotopic (exact) mass is 426 g/mol. The van der Waals surface area contributed by atoms with Crippen LogP contribution in [-0.2, 0) is 9.59 Å². The molecule has 2 aromatic rings. The lowest BCUT2D eigenvalue weighted by Gasteiger charge is -2.13. The van der Waals surface area contributed by atoms with Gasteiger partial charge in [0.25, 0.3) is 5.91 Å². The number of carbonyl (C=O) groups is 3. The molecule has 1 fully saturated rings. The van der Waals surface area contributed by atoms with Gasteiger partial charge in [-0.15, -0.1) is 0 Å². The number of hydrogen-bond donors (Lipinski definition) is 3. The number of carboxylic acids is 2. The Morgan fingerprint density at radius 2 is 1.93 bits per heavy atom. The number of benzene rings is 2. The van der Waals surface area contributed by atoms with Gasteiger partial charge in [0, 0.05) is 0 Å². The Balaban J connectivity index is 1.75. The highest BCUT2D eigenvalue weighted by Gasteiger charge is 2.24. The number of carboxylic acid groups (broad SMARTS) is 2. The van der Waals surface area contributed by atoms with Crippen molar-refractivity contribution in [1.29, 1.82) is 0 Å². The van der Waals surface area contributed by atoms with E-state index < -0.39 is 18.0 Å². The summed E-state index contributed by atoms with van der Waals surface area (Å²) >= 11 is 1.15. The number of amides is 1. The molecule has 0 bridgehead atoms. The molecule has 0 spiro atoms. The molecule has 0 aromatic heterocycles. The molecular weight excluding hydrogens is 408 g/mol. The number of carbonyl (C=O) groups excluding carboxylic acids is 1. The van der Waals surface area contributed by atoms with E-state index in [0.29, 0.717) is 33.5 Å². The third kappa shape index (κ3) is 5.26. The molecule has 1 aliphatic heterocycles.